The number of rotatable bonds is 4. The lowest BCUT2D eigenvalue weighted by Crippen LogP contribution is -2.37. The molecule has 18 heavy (non-hydrogen) atoms. The summed E-state index contributed by atoms with van der Waals surface area (Å²) in [5, 5.41) is 0.908. The van der Waals surface area contributed by atoms with E-state index in [0.717, 1.165) is 5.01 Å². The first-order valence-electron chi connectivity index (χ1n) is 5.45. The van der Waals surface area contributed by atoms with E-state index in [1.165, 1.54) is 7.11 Å². The van der Waals surface area contributed by atoms with E-state index in [1.807, 2.05) is 0 Å². The number of esters is 1. The number of carbonyl (C=O) groups is 2. The molecule has 0 saturated heterocycles. The molecule has 6 heteroatoms. The Bertz CT molecular complexity index is 434. The molecule has 0 aromatic heterocycles. The molecule has 0 aliphatic carbocycles. The van der Waals surface area contributed by atoms with E-state index in [2.05, 4.69) is 4.74 Å². The van der Waals surface area contributed by atoms with Crippen molar-refractivity contribution in [3.05, 3.63) is 35.4 Å². The third-order valence-corrected chi connectivity index (χ3v) is 2.27. The molecule has 1 aromatic rings. The number of hydrogen-bond donors (Lipinski definition) is 1. The van der Waals surface area contributed by atoms with Gasteiger partial charge in [-0.3, -0.25) is 0 Å². The predicted molar refractivity (Wildman–Crippen MR) is 64.5 cm³/mol. The van der Waals surface area contributed by atoms with Crippen LogP contribution in [-0.2, 0) is 16.0 Å². The largest absolute Gasteiger partial charge is 0.465 e. The maximum atomic E-state index is 11.5. The molecule has 0 fully saturated rings. The van der Waals surface area contributed by atoms with Crippen molar-refractivity contribution in [1.82, 2.24) is 5.01 Å². The van der Waals surface area contributed by atoms with E-state index in [0.29, 0.717) is 11.1 Å². The van der Waals surface area contributed by atoms with Crippen LogP contribution in [0.1, 0.15) is 22.8 Å². The van der Waals surface area contributed by atoms with Gasteiger partial charge in [-0.1, -0.05) is 18.2 Å². The maximum Gasteiger partial charge on any atom is 0.424 e. The van der Waals surface area contributed by atoms with Gasteiger partial charge in [0.2, 0.25) is 0 Å². The van der Waals surface area contributed by atoms with Crippen molar-refractivity contribution in [3.63, 3.8) is 0 Å². The van der Waals surface area contributed by atoms with Crippen LogP contribution in [0.3, 0.4) is 0 Å². The van der Waals surface area contributed by atoms with Gasteiger partial charge in [0.15, 0.2) is 0 Å². The minimum atomic E-state index is -0.642. The molecule has 1 amide bonds. The average Bonchev–Trinajstić information content (AvgIpc) is 2.38. The molecule has 0 saturated carbocycles. The summed E-state index contributed by atoms with van der Waals surface area (Å²) in [6.45, 7) is 2.00. The van der Waals surface area contributed by atoms with E-state index < -0.39 is 12.1 Å². The fraction of sp³-hybridized carbons (Fsp3) is 0.333. The quantitative estimate of drug-likeness (QED) is 0.378. The molecule has 1 aromatic carbocycles. The molecule has 0 bridgehead atoms. The molecule has 6 nitrogen and oxygen atoms in total. The Hall–Kier alpha value is -2.08. The summed E-state index contributed by atoms with van der Waals surface area (Å²) >= 11 is 0. The summed E-state index contributed by atoms with van der Waals surface area (Å²) in [6.07, 6.45) is -0.642. The van der Waals surface area contributed by atoms with E-state index in [9.17, 15) is 9.59 Å². The standard InChI is InChI=1S/C12H16N2O4/c1-3-18-12(16)14(13)8-9-6-4-5-7-10(9)11(15)17-2/h4-7H,3,8,13H2,1-2H3. The predicted octanol–water partition coefficient (Wildman–Crippen LogP) is 1.31. The third-order valence-electron chi connectivity index (χ3n) is 2.27. The van der Waals surface area contributed by atoms with Crippen LogP contribution in [0.5, 0.6) is 0 Å². The van der Waals surface area contributed by atoms with Crippen LogP contribution in [0.15, 0.2) is 24.3 Å². The van der Waals surface area contributed by atoms with Crippen molar-refractivity contribution in [2.75, 3.05) is 13.7 Å². The average molecular weight is 252 g/mol. The van der Waals surface area contributed by atoms with Crippen LogP contribution < -0.4 is 5.84 Å². The highest BCUT2D eigenvalue weighted by Gasteiger charge is 2.16. The van der Waals surface area contributed by atoms with Crippen molar-refractivity contribution < 1.29 is 19.1 Å². The first-order chi connectivity index (χ1) is 8.60. The molecule has 0 aliphatic rings. The molecule has 0 atom stereocenters. The van der Waals surface area contributed by atoms with Crippen LogP contribution in [-0.4, -0.2) is 30.8 Å². The second kappa shape index (κ2) is 6.61. The third kappa shape index (κ3) is 3.46. The first kappa shape index (κ1) is 14.0. The van der Waals surface area contributed by atoms with Crippen molar-refractivity contribution in [2.24, 2.45) is 5.84 Å². The number of hydrogen-bond acceptors (Lipinski definition) is 5. The van der Waals surface area contributed by atoms with Gasteiger partial charge in [-0.25, -0.2) is 20.4 Å². The Labute approximate surface area is 105 Å². The zero-order chi connectivity index (χ0) is 13.5. The van der Waals surface area contributed by atoms with Gasteiger partial charge in [0.05, 0.1) is 25.8 Å². The molecule has 1 rings (SSSR count). The lowest BCUT2D eigenvalue weighted by atomic mass is 10.1. The first-order valence-corrected chi connectivity index (χ1v) is 5.45. The topological polar surface area (TPSA) is 81.9 Å². The highest BCUT2D eigenvalue weighted by molar-refractivity contribution is 5.91. The number of carbonyl (C=O) groups excluding carboxylic acids is 2. The van der Waals surface area contributed by atoms with Gasteiger partial charge in [0.1, 0.15) is 0 Å². The number of ether oxygens (including phenoxy) is 2. The molecule has 0 heterocycles. The van der Waals surface area contributed by atoms with Gasteiger partial charge >= 0.3 is 12.1 Å². The van der Waals surface area contributed by atoms with E-state index in [4.69, 9.17) is 10.6 Å². The Morgan fingerprint density at radius 3 is 2.61 bits per heavy atom. The van der Waals surface area contributed by atoms with Gasteiger partial charge in [-0.15, -0.1) is 0 Å². The van der Waals surface area contributed by atoms with Crippen molar-refractivity contribution in [2.45, 2.75) is 13.5 Å². The Morgan fingerprint density at radius 1 is 1.33 bits per heavy atom. The zero-order valence-corrected chi connectivity index (χ0v) is 10.4. The summed E-state index contributed by atoms with van der Waals surface area (Å²) in [4.78, 5) is 22.9. The number of amides is 1. The molecular formula is C12H16N2O4. The van der Waals surface area contributed by atoms with E-state index >= 15 is 0 Å². The number of hydrazine groups is 1. The van der Waals surface area contributed by atoms with Crippen LogP contribution in [0.2, 0.25) is 0 Å². The molecule has 98 valence electrons. The van der Waals surface area contributed by atoms with Gasteiger partial charge < -0.3 is 9.47 Å². The normalized spacial score (nSPS) is 9.72. The van der Waals surface area contributed by atoms with Crippen LogP contribution in [0, 0.1) is 0 Å². The number of methoxy groups -OCH3 is 1. The summed E-state index contributed by atoms with van der Waals surface area (Å²) < 4.78 is 9.40. The minimum Gasteiger partial charge on any atom is -0.465 e. The van der Waals surface area contributed by atoms with Crippen LogP contribution in [0.4, 0.5) is 4.79 Å². The minimum absolute atomic E-state index is 0.0735. The van der Waals surface area contributed by atoms with E-state index in [-0.39, 0.29) is 13.2 Å². The molecule has 2 N–H and O–H groups in total. The highest BCUT2D eigenvalue weighted by atomic mass is 16.6. The SMILES string of the molecule is CCOC(=O)N(N)Cc1ccccc1C(=O)OC. The maximum absolute atomic E-state index is 11.5. The summed E-state index contributed by atoms with van der Waals surface area (Å²) in [6, 6.07) is 6.77. The number of benzene rings is 1. The van der Waals surface area contributed by atoms with Crippen LogP contribution in [0.25, 0.3) is 0 Å². The van der Waals surface area contributed by atoms with Crippen molar-refractivity contribution in [3.8, 4) is 0 Å². The fourth-order valence-electron chi connectivity index (χ4n) is 1.42. The zero-order valence-electron chi connectivity index (χ0n) is 10.4. The number of nitrogens with zero attached hydrogens (tertiary/aromatic N) is 1. The molecule has 0 spiro atoms. The molecule has 0 radical (unpaired) electrons. The molecular weight excluding hydrogens is 236 g/mol. The second-order valence-electron chi connectivity index (χ2n) is 3.48. The number of nitrogens with two attached hydrogens (primary N) is 1. The second-order valence-corrected chi connectivity index (χ2v) is 3.48. The monoisotopic (exact) mass is 252 g/mol. The Balaban J connectivity index is 2.84. The van der Waals surface area contributed by atoms with E-state index in [1.54, 1.807) is 31.2 Å². The van der Waals surface area contributed by atoms with Crippen molar-refractivity contribution in [1.29, 1.82) is 0 Å². The lowest BCUT2D eigenvalue weighted by molar-refractivity contribution is 0.0596. The van der Waals surface area contributed by atoms with Crippen LogP contribution >= 0.6 is 0 Å². The van der Waals surface area contributed by atoms with Gasteiger partial charge in [0.25, 0.3) is 0 Å². The summed E-state index contributed by atoms with van der Waals surface area (Å²) in [7, 11) is 1.30. The van der Waals surface area contributed by atoms with Gasteiger partial charge in [-0.2, -0.15) is 0 Å². The Kier molecular flexibility index (Phi) is 5.13. The molecule has 0 unspecified atom stereocenters. The van der Waals surface area contributed by atoms with Gasteiger partial charge in [0, 0.05) is 0 Å². The summed E-state index contributed by atoms with van der Waals surface area (Å²) in [5.41, 5.74) is 0.972. The smallest absolute Gasteiger partial charge is 0.424 e. The Morgan fingerprint density at radius 2 is 2.00 bits per heavy atom. The van der Waals surface area contributed by atoms with Crippen molar-refractivity contribution >= 4 is 12.1 Å². The fourth-order valence-corrected chi connectivity index (χ4v) is 1.42. The summed E-state index contributed by atoms with van der Waals surface area (Å²) in [5.74, 6) is 5.08. The highest BCUT2D eigenvalue weighted by Crippen LogP contribution is 2.12. The molecule has 0 aliphatic heterocycles. The lowest BCUT2D eigenvalue weighted by Gasteiger charge is -2.17. The van der Waals surface area contributed by atoms with Gasteiger partial charge in [-0.05, 0) is 18.6 Å².